The minimum Gasteiger partial charge on any atom is -0.456 e. The summed E-state index contributed by atoms with van der Waals surface area (Å²) in [6.07, 6.45) is 0. The Bertz CT molecular complexity index is 3140. The second-order valence-electron chi connectivity index (χ2n) is 13.5. The summed E-state index contributed by atoms with van der Waals surface area (Å²) >= 11 is 1.85. The van der Waals surface area contributed by atoms with Gasteiger partial charge in [0, 0.05) is 49.2 Å². The molecule has 0 spiro atoms. The zero-order valence-corrected chi connectivity index (χ0v) is 29.8. The first-order chi connectivity index (χ1) is 26.7. The molecule has 11 aromatic rings. The maximum atomic E-state index is 6.43. The number of nitrogens with zero attached hydrogens (tertiary/aromatic N) is 2. The summed E-state index contributed by atoms with van der Waals surface area (Å²) in [5, 5.41) is 4.64. The van der Waals surface area contributed by atoms with Gasteiger partial charge in [0.15, 0.2) is 5.58 Å². The molecule has 0 atom stereocenters. The van der Waals surface area contributed by atoms with E-state index in [9.17, 15) is 0 Å². The van der Waals surface area contributed by atoms with Crippen molar-refractivity contribution in [3.05, 3.63) is 182 Å². The van der Waals surface area contributed by atoms with Crippen LogP contribution in [0.5, 0.6) is 0 Å². The lowest BCUT2D eigenvalue weighted by Gasteiger charge is -2.26. The second-order valence-corrected chi connectivity index (χ2v) is 14.6. The van der Waals surface area contributed by atoms with Crippen molar-refractivity contribution in [1.29, 1.82) is 0 Å². The Kier molecular flexibility index (Phi) is 7.00. The molecule has 0 fully saturated rings. The van der Waals surface area contributed by atoms with Gasteiger partial charge in [0.05, 0.1) is 10.4 Å². The van der Waals surface area contributed by atoms with E-state index in [1.54, 1.807) is 0 Å². The van der Waals surface area contributed by atoms with E-state index in [4.69, 9.17) is 13.8 Å². The van der Waals surface area contributed by atoms with Crippen LogP contribution in [-0.4, -0.2) is 4.98 Å². The van der Waals surface area contributed by atoms with Crippen LogP contribution in [0.1, 0.15) is 0 Å². The minimum atomic E-state index is 0.601. The highest BCUT2D eigenvalue weighted by molar-refractivity contribution is 7.26. The Balaban J connectivity index is 1.04. The van der Waals surface area contributed by atoms with Crippen molar-refractivity contribution in [3.63, 3.8) is 0 Å². The van der Waals surface area contributed by atoms with E-state index in [0.29, 0.717) is 11.5 Å². The molecule has 5 heteroatoms. The molecule has 0 aliphatic heterocycles. The molecule has 3 aromatic heterocycles. The average molecular weight is 711 g/mol. The van der Waals surface area contributed by atoms with E-state index < -0.39 is 0 Å². The third-order valence-corrected chi connectivity index (χ3v) is 11.5. The number of fused-ring (bicyclic) bond motifs is 7. The van der Waals surface area contributed by atoms with Crippen LogP contribution in [0.4, 0.5) is 17.1 Å². The Morgan fingerprint density at radius 2 is 1.09 bits per heavy atom. The molecule has 11 rings (SSSR count). The van der Waals surface area contributed by atoms with Gasteiger partial charge in [-0.25, -0.2) is 4.98 Å². The summed E-state index contributed by atoms with van der Waals surface area (Å²) in [5.41, 5.74) is 12.0. The fourth-order valence-corrected chi connectivity index (χ4v) is 8.96. The molecule has 0 bridgehead atoms. The summed E-state index contributed by atoms with van der Waals surface area (Å²) < 4.78 is 15.2. The van der Waals surface area contributed by atoms with Gasteiger partial charge < -0.3 is 13.7 Å². The van der Waals surface area contributed by atoms with Gasteiger partial charge in [0.25, 0.3) is 0 Å². The molecule has 0 aliphatic carbocycles. The Hall–Kier alpha value is -6.95. The zero-order chi connectivity index (χ0) is 35.6. The van der Waals surface area contributed by atoms with Crippen molar-refractivity contribution in [2.75, 3.05) is 4.90 Å². The lowest BCUT2D eigenvalue weighted by molar-refractivity contribution is 0.617. The zero-order valence-electron chi connectivity index (χ0n) is 28.9. The molecule has 54 heavy (non-hydrogen) atoms. The van der Waals surface area contributed by atoms with Crippen LogP contribution in [0.25, 0.3) is 86.9 Å². The average Bonchev–Trinajstić information content (AvgIpc) is 3.94. The molecule has 0 radical (unpaired) electrons. The summed E-state index contributed by atoms with van der Waals surface area (Å²) in [7, 11) is 0. The molecule has 0 aliphatic rings. The van der Waals surface area contributed by atoms with Crippen molar-refractivity contribution in [2.45, 2.75) is 0 Å². The third kappa shape index (κ3) is 5.01. The predicted octanol–water partition coefficient (Wildman–Crippen LogP) is 14.6. The SMILES string of the molecule is c1ccc(-c2ccc(N(c3ccc(-c4cccc5oc6cc7oc(-c8ccccc8)nc7cc6c45)cc3)c3cccc4c3sc3ccccc34)cc2)cc1. The third-order valence-electron chi connectivity index (χ3n) is 10.3. The first-order valence-electron chi connectivity index (χ1n) is 18.0. The molecule has 0 amide bonds. The highest BCUT2D eigenvalue weighted by Gasteiger charge is 2.20. The molecule has 8 aromatic carbocycles. The van der Waals surface area contributed by atoms with Crippen LogP contribution in [0, 0.1) is 0 Å². The lowest BCUT2D eigenvalue weighted by Crippen LogP contribution is -2.10. The van der Waals surface area contributed by atoms with Crippen LogP contribution < -0.4 is 4.90 Å². The van der Waals surface area contributed by atoms with Crippen molar-refractivity contribution in [3.8, 4) is 33.7 Å². The van der Waals surface area contributed by atoms with Crippen LogP contribution >= 0.6 is 11.3 Å². The maximum Gasteiger partial charge on any atom is 0.227 e. The van der Waals surface area contributed by atoms with E-state index >= 15 is 0 Å². The van der Waals surface area contributed by atoms with Gasteiger partial charge in [-0.15, -0.1) is 11.3 Å². The number of benzene rings is 8. The van der Waals surface area contributed by atoms with E-state index in [-0.39, 0.29) is 0 Å². The molecule has 0 N–H and O–H groups in total. The van der Waals surface area contributed by atoms with Gasteiger partial charge in [-0.05, 0) is 82.9 Å². The number of thiophene rings is 1. The van der Waals surface area contributed by atoms with Gasteiger partial charge >= 0.3 is 0 Å². The fourth-order valence-electron chi connectivity index (χ4n) is 7.75. The number of aromatic nitrogens is 1. The Morgan fingerprint density at radius 3 is 1.87 bits per heavy atom. The summed E-state index contributed by atoms with van der Waals surface area (Å²) in [6.45, 7) is 0. The van der Waals surface area contributed by atoms with Crippen molar-refractivity contribution >= 4 is 81.6 Å². The van der Waals surface area contributed by atoms with Crippen LogP contribution in [0.2, 0.25) is 0 Å². The number of anilines is 3. The lowest BCUT2D eigenvalue weighted by atomic mass is 9.98. The number of hydrogen-bond donors (Lipinski definition) is 0. The van der Waals surface area contributed by atoms with Crippen molar-refractivity contribution in [1.82, 2.24) is 4.98 Å². The van der Waals surface area contributed by atoms with E-state index in [2.05, 4.69) is 144 Å². The second kappa shape index (κ2) is 12.3. The molecule has 254 valence electrons. The summed E-state index contributed by atoms with van der Waals surface area (Å²) in [5.74, 6) is 0.601. The van der Waals surface area contributed by atoms with E-state index in [0.717, 1.165) is 61.2 Å². The summed E-state index contributed by atoms with van der Waals surface area (Å²) in [6, 6.07) is 64.0. The van der Waals surface area contributed by atoms with Gasteiger partial charge in [0.1, 0.15) is 16.7 Å². The highest BCUT2D eigenvalue weighted by atomic mass is 32.1. The normalized spacial score (nSPS) is 11.7. The van der Waals surface area contributed by atoms with Gasteiger partial charge in [0.2, 0.25) is 5.89 Å². The fraction of sp³-hybridized carbons (Fsp3) is 0. The molecular formula is C49H30N2O2S. The Morgan fingerprint density at radius 1 is 0.444 bits per heavy atom. The van der Waals surface area contributed by atoms with E-state index in [1.807, 2.05) is 53.8 Å². The molecule has 4 nitrogen and oxygen atoms in total. The first-order valence-corrected chi connectivity index (χ1v) is 18.8. The maximum absolute atomic E-state index is 6.43. The quantitative estimate of drug-likeness (QED) is 0.172. The smallest absolute Gasteiger partial charge is 0.227 e. The molecule has 0 unspecified atom stereocenters. The topological polar surface area (TPSA) is 42.4 Å². The molecule has 0 saturated heterocycles. The predicted molar refractivity (Wildman–Crippen MR) is 225 cm³/mol. The minimum absolute atomic E-state index is 0.601. The number of furan rings is 1. The van der Waals surface area contributed by atoms with Gasteiger partial charge in [-0.1, -0.05) is 115 Å². The van der Waals surface area contributed by atoms with Crippen LogP contribution in [-0.2, 0) is 0 Å². The Labute approximate surface area is 314 Å². The van der Waals surface area contributed by atoms with Crippen molar-refractivity contribution < 1.29 is 8.83 Å². The van der Waals surface area contributed by atoms with Crippen LogP contribution in [0.3, 0.4) is 0 Å². The summed E-state index contributed by atoms with van der Waals surface area (Å²) in [4.78, 5) is 7.24. The van der Waals surface area contributed by atoms with Crippen molar-refractivity contribution in [2.24, 2.45) is 0 Å². The number of hydrogen-bond acceptors (Lipinski definition) is 5. The monoisotopic (exact) mass is 710 g/mol. The van der Waals surface area contributed by atoms with E-state index in [1.165, 1.54) is 31.3 Å². The number of rotatable bonds is 6. The largest absolute Gasteiger partial charge is 0.456 e. The molecule has 0 saturated carbocycles. The highest BCUT2D eigenvalue weighted by Crippen LogP contribution is 2.46. The van der Waals surface area contributed by atoms with Crippen LogP contribution in [0.15, 0.2) is 191 Å². The van der Waals surface area contributed by atoms with Gasteiger partial charge in [-0.3, -0.25) is 0 Å². The number of oxazole rings is 1. The standard InChI is InChI=1S/C49H30N2O2S/c1-3-11-31(12-4-1)32-21-25-35(26-22-32)51(42-18-9-17-39-38-15-7-8-20-46(38)54-48(39)42)36-27-23-33(24-28-36)37-16-10-19-43-47(37)40-29-41-45(30-44(40)52-43)53-49(50-41)34-13-5-2-6-14-34/h1-30H. The molecular weight excluding hydrogens is 681 g/mol. The first kappa shape index (κ1) is 30.7. The molecule has 3 heterocycles. The van der Waals surface area contributed by atoms with Gasteiger partial charge in [-0.2, -0.15) is 0 Å².